The number of methoxy groups -OCH3 is 1. The standard InChI is InChI=1S/C10H14N2O4S3/c1-3-4-5-16-8(14)6(7(13)15-2)18-10-12-11-9(17)19-10/h6H,3-5H2,1-2H3,(H,11,17). The minimum atomic E-state index is -1.07. The van der Waals surface area contributed by atoms with Crippen molar-refractivity contribution in [3.05, 3.63) is 3.95 Å². The second-order valence-electron chi connectivity index (χ2n) is 3.42. The van der Waals surface area contributed by atoms with Gasteiger partial charge in [0.1, 0.15) is 0 Å². The van der Waals surface area contributed by atoms with Crippen LogP contribution in [0.15, 0.2) is 4.34 Å². The smallest absolute Gasteiger partial charge is 0.331 e. The van der Waals surface area contributed by atoms with Crippen molar-refractivity contribution in [2.45, 2.75) is 29.4 Å². The number of aromatic amines is 1. The lowest BCUT2D eigenvalue weighted by molar-refractivity contribution is -0.152. The molecule has 1 aromatic heterocycles. The van der Waals surface area contributed by atoms with Crippen LogP contribution >= 0.6 is 35.3 Å². The van der Waals surface area contributed by atoms with Gasteiger partial charge in [0.05, 0.1) is 13.7 Å². The molecule has 19 heavy (non-hydrogen) atoms. The minimum absolute atomic E-state index is 0.291. The van der Waals surface area contributed by atoms with E-state index >= 15 is 0 Å². The van der Waals surface area contributed by atoms with Gasteiger partial charge in [0, 0.05) is 0 Å². The number of carbonyl (C=O) groups excluding carboxylic acids is 2. The Balaban J connectivity index is 2.68. The third-order valence-electron chi connectivity index (χ3n) is 2.01. The molecule has 106 valence electrons. The molecule has 0 aromatic carbocycles. The Morgan fingerprint density at radius 2 is 2.26 bits per heavy atom. The Bertz CT molecular complexity index is 485. The van der Waals surface area contributed by atoms with E-state index in [1.807, 2.05) is 6.92 Å². The Morgan fingerprint density at radius 3 is 2.79 bits per heavy atom. The highest BCUT2D eigenvalue weighted by Crippen LogP contribution is 2.26. The van der Waals surface area contributed by atoms with E-state index in [-0.39, 0.29) is 0 Å². The summed E-state index contributed by atoms with van der Waals surface area (Å²) < 4.78 is 10.6. The summed E-state index contributed by atoms with van der Waals surface area (Å²) in [5, 5.41) is 5.39. The largest absolute Gasteiger partial charge is 0.468 e. The molecule has 0 aliphatic heterocycles. The SMILES string of the molecule is CCCCOC(=O)C(Sc1n[nH]c(=S)s1)C(=O)OC. The van der Waals surface area contributed by atoms with E-state index in [4.69, 9.17) is 17.0 Å². The number of ether oxygens (including phenoxy) is 2. The van der Waals surface area contributed by atoms with Crippen LogP contribution in [-0.2, 0) is 19.1 Å². The summed E-state index contributed by atoms with van der Waals surface area (Å²) in [5.74, 6) is -1.28. The topological polar surface area (TPSA) is 81.3 Å². The van der Waals surface area contributed by atoms with Gasteiger partial charge in [-0.2, -0.15) is 5.10 Å². The van der Waals surface area contributed by atoms with E-state index in [0.717, 1.165) is 24.6 Å². The zero-order valence-corrected chi connectivity index (χ0v) is 13.0. The fraction of sp³-hybridized carbons (Fsp3) is 0.600. The van der Waals surface area contributed by atoms with Gasteiger partial charge in [-0.1, -0.05) is 36.4 Å². The predicted molar refractivity (Wildman–Crippen MR) is 74.8 cm³/mol. The molecule has 0 aliphatic carbocycles. The maximum atomic E-state index is 11.8. The molecule has 6 nitrogen and oxygen atoms in total. The third-order valence-corrected chi connectivity index (χ3v) is 4.34. The van der Waals surface area contributed by atoms with E-state index in [1.54, 1.807) is 0 Å². The van der Waals surface area contributed by atoms with E-state index < -0.39 is 17.2 Å². The lowest BCUT2D eigenvalue weighted by Crippen LogP contribution is -2.30. The Morgan fingerprint density at radius 1 is 1.53 bits per heavy atom. The zero-order valence-electron chi connectivity index (χ0n) is 10.5. The van der Waals surface area contributed by atoms with Gasteiger partial charge in [-0.25, -0.2) is 0 Å². The van der Waals surface area contributed by atoms with Crippen molar-refractivity contribution in [2.75, 3.05) is 13.7 Å². The normalized spacial score (nSPS) is 11.9. The summed E-state index contributed by atoms with van der Waals surface area (Å²) in [6.45, 7) is 2.27. The number of H-pyrrole nitrogens is 1. The van der Waals surface area contributed by atoms with Gasteiger partial charge in [-0.15, -0.1) is 0 Å². The van der Waals surface area contributed by atoms with Crippen LogP contribution in [0.25, 0.3) is 0 Å². The molecule has 1 aromatic rings. The summed E-state index contributed by atoms with van der Waals surface area (Å²) in [6.07, 6.45) is 1.66. The number of rotatable bonds is 7. The average molecular weight is 322 g/mol. The summed E-state index contributed by atoms with van der Waals surface area (Å²) in [6, 6.07) is 0. The first kappa shape index (κ1) is 16.1. The van der Waals surface area contributed by atoms with E-state index in [1.165, 1.54) is 18.4 Å². The first-order chi connectivity index (χ1) is 9.08. The van der Waals surface area contributed by atoms with Crippen molar-refractivity contribution < 1.29 is 19.1 Å². The number of aromatic nitrogens is 2. The van der Waals surface area contributed by atoms with Crippen molar-refractivity contribution in [1.29, 1.82) is 0 Å². The van der Waals surface area contributed by atoms with Crippen LogP contribution in [0.5, 0.6) is 0 Å². The molecule has 0 amide bonds. The molecule has 0 fully saturated rings. The minimum Gasteiger partial charge on any atom is -0.468 e. The van der Waals surface area contributed by atoms with Gasteiger partial charge in [0.15, 0.2) is 8.29 Å². The van der Waals surface area contributed by atoms with Crippen molar-refractivity contribution in [1.82, 2.24) is 10.2 Å². The molecule has 0 spiro atoms. The summed E-state index contributed by atoms with van der Waals surface area (Å²) in [7, 11) is 1.22. The lowest BCUT2D eigenvalue weighted by Gasteiger charge is -2.11. The highest BCUT2D eigenvalue weighted by atomic mass is 32.2. The number of nitrogens with one attached hydrogen (secondary N) is 1. The number of carbonyl (C=O) groups is 2. The first-order valence-electron chi connectivity index (χ1n) is 5.55. The fourth-order valence-corrected chi connectivity index (χ4v) is 3.23. The van der Waals surface area contributed by atoms with Crippen molar-refractivity contribution in [2.24, 2.45) is 0 Å². The molecule has 1 N–H and O–H groups in total. The number of thioether (sulfide) groups is 1. The molecule has 0 aliphatic rings. The van der Waals surface area contributed by atoms with Crippen molar-refractivity contribution in [3.63, 3.8) is 0 Å². The van der Waals surface area contributed by atoms with Crippen LogP contribution in [0.3, 0.4) is 0 Å². The van der Waals surface area contributed by atoms with Crippen LogP contribution in [0.4, 0.5) is 0 Å². The number of esters is 2. The molecule has 1 atom stereocenters. The van der Waals surface area contributed by atoms with Crippen LogP contribution in [0, 0.1) is 3.95 Å². The molecule has 0 bridgehead atoms. The van der Waals surface area contributed by atoms with Gasteiger partial charge >= 0.3 is 11.9 Å². The quantitative estimate of drug-likeness (QED) is 0.271. The van der Waals surface area contributed by atoms with Gasteiger partial charge in [0.25, 0.3) is 0 Å². The maximum absolute atomic E-state index is 11.8. The number of hydrogen-bond donors (Lipinski definition) is 1. The number of nitrogens with zero attached hydrogens (tertiary/aromatic N) is 1. The molecular weight excluding hydrogens is 308 g/mol. The first-order valence-corrected chi connectivity index (χ1v) is 7.65. The van der Waals surface area contributed by atoms with E-state index in [0.29, 0.717) is 14.9 Å². The number of hydrogen-bond acceptors (Lipinski definition) is 8. The summed E-state index contributed by atoms with van der Waals surface area (Å²) in [4.78, 5) is 23.4. The summed E-state index contributed by atoms with van der Waals surface area (Å²) in [5.41, 5.74) is 0. The molecule has 0 saturated heterocycles. The second kappa shape index (κ2) is 8.28. The van der Waals surface area contributed by atoms with E-state index in [2.05, 4.69) is 14.9 Å². The molecule has 1 rings (SSSR count). The predicted octanol–water partition coefficient (Wildman–Crippen LogP) is 2.18. The van der Waals surface area contributed by atoms with Gasteiger partial charge in [0.2, 0.25) is 5.25 Å². The van der Waals surface area contributed by atoms with Crippen molar-refractivity contribution >= 4 is 47.3 Å². The van der Waals surface area contributed by atoms with Crippen LogP contribution in [-0.4, -0.2) is 41.1 Å². The van der Waals surface area contributed by atoms with Gasteiger partial charge in [-0.3, -0.25) is 14.7 Å². The lowest BCUT2D eigenvalue weighted by atomic mass is 10.3. The third kappa shape index (κ3) is 5.29. The molecule has 9 heteroatoms. The molecule has 1 unspecified atom stereocenters. The fourth-order valence-electron chi connectivity index (χ4n) is 1.06. The average Bonchev–Trinajstić information content (AvgIpc) is 2.81. The van der Waals surface area contributed by atoms with Crippen LogP contribution < -0.4 is 0 Å². The molecular formula is C10H14N2O4S3. The Labute approximate surface area is 123 Å². The highest BCUT2D eigenvalue weighted by Gasteiger charge is 2.31. The number of unbranched alkanes of at least 4 members (excludes halogenated alkanes) is 1. The van der Waals surface area contributed by atoms with Crippen LogP contribution in [0.2, 0.25) is 0 Å². The zero-order chi connectivity index (χ0) is 14.3. The summed E-state index contributed by atoms with van der Waals surface area (Å²) >= 11 is 7.04. The Hall–Kier alpha value is -0.930. The molecule has 0 radical (unpaired) electrons. The van der Waals surface area contributed by atoms with Crippen LogP contribution in [0.1, 0.15) is 19.8 Å². The van der Waals surface area contributed by atoms with E-state index in [9.17, 15) is 9.59 Å². The molecule has 0 saturated carbocycles. The monoisotopic (exact) mass is 322 g/mol. The van der Waals surface area contributed by atoms with Gasteiger partial charge < -0.3 is 9.47 Å². The maximum Gasteiger partial charge on any atom is 0.331 e. The second-order valence-corrected chi connectivity index (χ2v) is 6.44. The molecule has 1 heterocycles. The van der Waals surface area contributed by atoms with Gasteiger partial charge in [-0.05, 0) is 18.6 Å². The van der Waals surface area contributed by atoms with Crippen molar-refractivity contribution in [3.8, 4) is 0 Å². The Kier molecular flexibility index (Phi) is 7.03. The highest BCUT2D eigenvalue weighted by molar-refractivity contribution is 8.03.